The van der Waals surface area contributed by atoms with E-state index in [9.17, 15) is 0 Å². The van der Waals surface area contributed by atoms with Crippen molar-refractivity contribution in [1.82, 2.24) is 20.3 Å². The molecule has 7 nitrogen and oxygen atoms in total. The molecule has 0 fully saturated rings. The van der Waals surface area contributed by atoms with Crippen molar-refractivity contribution in [1.29, 1.82) is 0 Å². The standard InChI is InChI=1S/C21H28N6O/c1-4-22-9-11-27(2)21-18-6-7-23-15-17(18)13-19(26-21)16-5-8-24-20(14-16)25-10-12-28-3/h5-8,13-15,22H,4,9-12H2,1-3H3,(H,24,25). The van der Waals surface area contributed by atoms with Crippen LogP contribution in [-0.4, -0.2) is 61.9 Å². The van der Waals surface area contributed by atoms with Crippen LogP contribution in [0.15, 0.2) is 42.9 Å². The summed E-state index contributed by atoms with van der Waals surface area (Å²) in [5.74, 6) is 1.77. The Morgan fingerprint density at radius 2 is 2.04 bits per heavy atom. The smallest absolute Gasteiger partial charge is 0.137 e. The maximum absolute atomic E-state index is 5.09. The van der Waals surface area contributed by atoms with E-state index in [0.717, 1.165) is 53.3 Å². The number of nitrogens with zero attached hydrogens (tertiary/aromatic N) is 4. The second kappa shape index (κ2) is 9.96. The van der Waals surface area contributed by atoms with Gasteiger partial charge in [-0.2, -0.15) is 0 Å². The number of anilines is 2. The molecular formula is C21H28N6O. The fourth-order valence-electron chi connectivity index (χ4n) is 3.02. The maximum atomic E-state index is 5.09. The van der Waals surface area contributed by atoms with Gasteiger partial charge < -0.3 is 20.3 Å². The Morgan fingerprint density at radius 3 is 2.86 bits per heavy atom. The van der Waals surface area contributed by atoms with Gasteiger partial charge in [0.05, 0.1) is 12.3 Å². The van der Waals surface area contributed by atoms with Crippen LogP contribution in [0, 0.1) is 0 Å². The Balaban J connectivity index is 1.94. The highest BCUT2D eigenvalue weighted by atomic mass is 16.5. The van der Waals surface area contributed by atoms with Crippen LogP contribution in [0.5, 0.6) is 0 Å². The third-order valence-electron chi connectivity index (χ3n) is 4.51. The minimum absolute atomic E-state index is 0.631. The molecule has 0 unspecified atom stereocenters. The van der Waals surface area contributed by atoms with E-state index in [1.165, 1.54) is 0 Å². The summed E-state index contributed by atoms with van der Waals surface area (Å²) in [4.78, 5) is 15.8. The van der Waals surface area contributed by atoms with Gasteiger partial charge >= 0.3 is 0 Å². The molecule has 7 heteroatoms. The van der Waals surface area contributed by atoms with Crippen molar-refractivity contribution < 1.29 is 4.74 Å². The Hall–Kier alpha value is -2.77. The lowest BCUT2D eigenvalue weighted by molar-refractivity contribution is 0.210. The molecule has 0 amide bonds. The van der Waals surface area contributed by atoms with E-state index in [4.69, 9.17) is 9.72 Å². The number of hydrogen-bond donors (Lipinski definition) is 2. The number of nitrogens with one attached hydrogen (secondary N) is 2. The van der Waals surface area contributed by atoms with Gasteiger partial charge in [0, 0.05) is 68.7 Å². The summed E-state index contributed by atoms with van der Waals surface area (Å²) < 4.78 is 5.09. The predicted octanol–water partition coefficient (Wildman–Crippen LogP) is 2.80. The first-order valence-electron chi connectivity index (χ1n) is 9.58. The van der Waals surface area contributed by atoms with Crippen molar-refractivity contribution >= 4 is 22.4 Å². The first-order valence-corrected chi connectivity index (χ1v) is 9.58. The molecule has 0 aliphatic heterocycles. The third kappa shape index (κ3) is 4.94. The van der Waals surface area contributed by atoms with Gasteiger partial charge in [-0.1, -0.05) is 6.92 Å². The number of hydrogen-bond acceptors (Lipinski definition) is 7. The molecule has 0 saturated heterocycles. The van der Waals surface area contributed by atoms with Gasteiger partial charge in [0.2, 0.25) is 0 Å². The van der Waals surface area contributed by atoms with Crippen molar-refractivity contribution in [3.63, 3.8) is 0 Å². The van der Waals surface area contributed by atoms with E-state index >= 15 is 0 Å². The van der Waals surface area contributed by atoms with Gasteiger partial charge in [-0.05, 0) is 30.8 Å². The average Bonchev–Trinajstić information content (AvgIpc) is 2.73. The number of pyridine rings is 3. The van der Waals surface area contributed by atoms with Gasteiger partial charge in [-0.25, -0.2) is 9.97 Å². The van der Waals surface area contributed by atoms with E-state index in [0.29, 0.717) is 13.2 Å². The van der Waals surface area contributed by atoms with Gasteiger partial charge in [0.1, 0.15) is 11.6 Å². The van der Waals surface area contributed by atoms with E-state index in [1.54, 1.807) is 13.3 Å². The molecule has 0 atom stereocenters. The van der Waals surface area contributed by atoms with Gasteiger partial charge in [-0.3, -0.25) is 4.98 Å². The summed E-state index contributed by atoms with van der Waals surface area (Å²) in [7, 11) is 3.76. The van der Waals surface area contributed by atoms with E-state index in [2.05, 4.69) is 45.5 Å². The summed E-state index contributed by atoms with van der Waals surface area (Å²) in [6.45, 7) is 6.20. The molecule has 0 bridgehead atoms. The molecule has 2 N–H and O–H groups in total. The third-order valence-corrected chi connectivity index (χ3v) is 4.51. The zero-order valence-electron chi connectivity index (χ0n) is 16.8. The molecule has 0 aliphatic carbocycles. The molecule has 0 aliphatic rings. The van der Waals surface area contributed by atoms with Crippen molar-refractivity contribution in [3.05, 3.63) is 42.9 Å². The number of fused-ring (bicyclic) bond motifs is 1. The predicted molar refractivity (Wildman–Crippen MR) is 115 cm³/mol. The normalized spacial score (nSPS) is 11.0. The van der Waals surface area contributed by atoms with Crippen molar-refractivity contribution in [2.75, 3.05) is 57.2 Å². The largest absolute Gasteiger partial charge is 0.383 e. The van der Waals surface area contributed by atoms with Crippen LogP contribution < -0.4 is 15.5 Å². The Morgan fingerprint density at radius 1 is 1.14 bits per heavy atom. The number of methoxy groups -OCH3 is 1. The van der Waals surface area contributed by atoms with Gasteiger partial charge in [0.25, 0.3) is 0 Å². The Bertz CT molecular complexity index is 901. The van der Waals surface area contributed by atoms with Gasteiger partial charge in [0.15, 0.2) is 0 Å². The van der Waals surface area contributed by atoms with Crippen LogP contribution in [0.4, 0.5) is 11.6 Å². The lowest BCUT2D eigenvalue weighted by Gasteiger charge is -2.21. The van der Waals surface area contributed by atoms with Crippen LogP contribution >= 0.6 is 0 Å². The zero-order valence-corrected chi connectivity index (χ0v) is 16.8. The number of aromatic nitrogens is 3. The molecule has 0 saturated carbocycles. The van der Waals surface area contributed by atoms with E-state index in [-0.39, 0.29) is 0 Å². The summed E-state index contributed by atoms with van der Waals surface area (Å²) in [6.07, 6.45) is 5.50. The minimum Gasteiger partial charge on any atom is -0.383 e. The first kappa shape index (κ1) is 20.0. The van der Waals surface area contributed by atoms with E-state index < -0.39 is 0 Å². The summed E-state index contributed by atoms with van der Waals surface area (Å²) in [5, 5.41) is 8.81. The number of likely N-dealkylation sites (N-methyl/N-ethyl adjacent to an activating group) is 2. The Kier molecular flexibility index (Phi) is 7.11. The number of rotatable bonds is 10. The summed E-state index contributed by atoms with van der Waals surface area (Å²) >= 11 is 0. The summed E-state index contributed by atoms with van der Waals surface area (Å²) in [6, 6.07) is 8.10. The van der Waals surface area contributed by atoms with E-state index in [1.807, 2.05) is 30.6 Å². The summed E-state index contributed by atoms with van der Waals surface area (Å²) in [5.41, 5.74) is 1.92. The molecule has 0 spiro atoms. The highest BCUT2D eigenvalue weighted by Gasteiger charge is 2.12. The molecule has 3 rings (SSSR count). The molecule has 28 heavy (non-hydrogen) atoms. The quantitative estimate of drug-likeness (QED) is 0.524. The second-order valence-electron chi connectivity index (χ2n) is 6.55. The average molecular weight is 380 g/mol. The van der Waals surface area contributed by atoms with Crippen molar-refractivity contribution in [2.24, 2.45) is 0 Å². The first-order chi connectivity index (χ1) is 13.7. The molecule has 148 valence electrons. The minimum atomic E-state index is 0.631. The van der Waals surface area contributed by atoms with Crippen LogP contribution in [-0.2, 0) is 4.74 Å². The fraction of sp³-hybridized carbons (Fsp3) is 0.381. The van der Waals surface area contributed by atoms with Crippen LogP contribution in [0.1, 0.15) is 6.92 Å². The molecule has 3 aromatic rings. The Labute approximate surface area is 166 Å². The SMILES string of the molecule is CCNCCN(C)c1nc(-c2ccnc(NCCOC)c2)cc2cnccc12. The molecule has 3 aromatic heterocycles. The highest BCUT2D eigenvalue weighted by Crippen LogP contribution is 2.29. The van der Waals surface area contributed by atoms with Crippen molar-refractivity contribution in [3.8, 4) is 11.3 Å². The van der Waals surface area contributed by atoms with Gasteiger partial charge in [-0.15, -0.1) is 0 Å². The molecule has 0 aromatic carbocycles. The number of ether oxygens (including phenoxy) is 1. The van der Waals surface area contributed by atoms with Crippen LogP contribution in [0.2, 0.25) is 0 Å². The highest BCUT2D eigenvalue weighted by molar-refractivity contribution is 5.94. The molecule has 3 heterocycles. The van der Waals surface area contributed by atoms with Crippen LogP contribution in [0.25, 0.3) is 22.0 Å². The lowest BCUT2D eigenvalue weighted by Crippen LogP contribution is -2.29. The molecular weight excluding hydrogens is 352 g/mol. The molecule has 0 radical (unpaired) electrons. The zero-order chi connectivity index (χ0) is 19.8. The second-order valence-corrected chi connectivity index (χ2v) is 6.55. The van der Waals surface area contributed by atoms with Crippen LogP contribution in [0.3, 0.4) is 0 Å². The maximum Gasteiger partial charge on any atom is 0.137 e. The lowest BCUT2D eigenvalue weighted by atomic mass is 10.1. The monoisotopic (exact) mass is 380 g/mol. The van der Waals surface area contributed by atoms with Crippen molar-refractivity contribution in [2.45, 2.75) is 6.92 Å². The fourth-order valence-corrected chi connectivity index (χ4v) is 3.02. The topological polar surface area (TPSA) is 75.2 Å².